The van der Waals surface area contributed by atoms with Gasteiger partial charge in [-0.05, 0) is 26.2 Å². The number of carbonyl (C=O) groups is 1. The van der Waals surface area contributed by atoms with Crippen LogP contribution in [0.3, 0.4) is 0 Å². The lowest BCUT2D eigenvalue weighted by molar-refractivity contribution is -0.121. The van der Waals surface area contributed by atoms with E-state index in [4.69, 9.17) is 10.6 Å². The molecule has 0 bridgehead atoms. The molecule has 17 heavy (non-hydrogen) atoms. The van der Waals surface area contributed by atoms with E-state index < -0.39 is 0 Å². The first-order valence-electron chi connectivity index (χ1n) is 5.91. The van der Waals surface area contributed by atoms with E-state index in [9.17, 15) is 4.79 Å². The van der Waals surface area contributed by atoms with Crippen LogP contribution in [0.1, 0.15) is 32.6 Å². The number of nitrogens with two attached hydrogens (primary N) is 1. The number of carbonyl (C=O) groups excluding carboxylic acids is 1. The Hall–Kier alpha value is -1.56. The largest absolute Gasteiger partial charge is 0.490 e. The number of amides is 1. The highest BCUT2D eigenvalue weighted by molar-refractivity contribution is 5.74. The van der Waals surface area contributed by atoms with E-state index in [0.717, 1.165) is 31.6 Å². The van der Waals surface area contributed by atoms with E-state index in [-0.39, 0.29) is 5.91 Å². The number of aromatic nitrogens is 2. The fraction of sp³-hybridized carbons (Fsp3) is 0.636. The lowest BCUT2D eigenvalue weighted by Crippen LogP contribution is -2.29. The van der Waals surface area contributed by atoms with Crippen molar-refractivity contribution in [3.63, 3.8) is 0 Å². The van der Waals surface area contributed by atoms with Gasteiger partial charge in [0.2, 0.25) is 5.91 Å². The third kappa shape index (κ3) is 5.35. The molecule has 0 aliphatic heterocycles. The molecule has 0 aliphatic rings. The number of rotatable bonds is 8. The summed E-state index contributed by atoms with van der Waals surface area (Å²) in [7, 11) is 0. The van der Waals surface area contributed by atoms with Gasteiger partial charge in [-0.2, -0.15) is 5.10 Å². The molecule has 3 N–H and O–H groups in total. The highest BCUT2D eigenvalue weighted by atomic mass is 16.5. The van der Waals surface area contributed by atoms with Crippen LogP contribution in [-0.4, -0.2) is 22.3 Å². The summed E-state index contributed by atoms with van der Waals surface area (Å²) in [5.74, 6) is 5.65. The van der Waals surface area contributed by atoms with Crippen LogP contribution in [-0.2, 0) is 11.3 Å². The summed E-state index contributed by atoms with van der Waals surface area (Å²) < 4.78 is 7.33. The highest BCUT2D eigenvalue weighted by Crippen LogP contribution is 2.09. The van der Waals surface area contributed by atoms with Gasteiger partial charge in [0, 0.05) is 13.0 Å². The topological polar surface area (TPSA) is 82.2 Å². The van der Waals surface area contributed by atoms with E-state index in [1.807, 2.05) is 17.8 Å². The average molecular weight is 240 g/mol. The number of unbranched alkanes of at least 4 members (excludes halogenated alkanes) is 2. The molecule has 6 nitrogen and oxygen atoms in total. The number of ether oxygens (including phenoxy) is 1. The van der Waals surface area contributed by atoms with Gasteiger partial charge in [0.1, 0.15) is 0 Å². The Kier molecular flexibility index (Phi) is 6.09. The minimum Gasteiger partial charge on any atom is -0.490 e. The highest BCUT2D eigenvalue weighted by Gasteiger charge is 1.99. The standard InChI is InChI=1S/C11H20N4O2/c1-2-15-9-10(8-13-15)17-7-5-3-4-6-11(16)14-12/h8-9H,2-7,12H2,1H3,(H,14,16). The first-order valence-corrected chi connectivity index (χ1v) is 5.91. The van der Waals surface area contributed by atoms with Crippen molar-refractivity contribution in [1.82, 2.24) is 15.2 Å². The van der Waals surface area contributed by atoms with Crippen LogP contribution in [0.15, 0.2) is 12.4 Å². The van der Waals surface area contributed by atoms with Crippen molar-refractivity contribution in [3.05, 3.63) is 12.4 Å². The van der Waals surface area contributed by atoms with Crippen LogP contribution < -0.4 is 16.0 Å². The molecular weight excluding hydrogens is 220 g/mol. The summed E-state index contributed by atoms with van der Waals surface area (Å²) in [4.78, 5) is 10.8. The molecule has 0 radical (unpaired) electrons. The van der Waals surface area contributed by atoms with Gasteiger partial charge in [0.05, 0.1) is 19.0 Å². The summed E-state index contributed by atoms with van der Waals surface area (Å²) in [5.41, 5.74) is 2.11. The van der Waals surface area contributed by atoms with Crippen LogP contribution in [0.2, 0.25) is 0 Å². The summed E-state index contributed by atoms with van der Waals surface area (Å²) in [6, 6.07) is 0. The molecule has 1 aromatic rings. The quantitative estimate of drug-likeness (QED) is 0.305. The van der Waals surface area contributed by atoms with Gasteiger partial charge in [0.15, 0.2) is 5.75 Å². The van der Waals surface area contributed by atoms with Crippen molar-refractivity contribution in [2.24, 2.45) is 5.84 Å². The van der Waals surface area contributed by atoms with E-state index in [1.165, 1.54) is 0 Å². The SMILES string of the molecule is CCn1cc(OCCCCCC(=O)NN)cn1. The minimum absolute atomic E-state index is 0.116. The molecule has 0 spiro atoms. The molecule has 0 fully saturated rings. The van der Waals surface area contributed by atoms with Gasteiger partial charge in [-0.1, -0.05) is 0 Å². The molecule has 0 aromatic carbocycles. The molecule has 1 heterocycles. The van der Waals surface area contributed by atoms with Gasteiger partial charge in [0.25, 0.3) is 0 Å². The maximum absolute atomic E-state index is 10.8. The van der Waals surface area contributed by atoms with Gasteiger partial charge in [-0.15, -0.1) is 0 Å². The molecule has 0 unspecified atom stereocenters. The second-order valence-corrected chi connectivity index (χ2v) is 3.76. The van der Waals surface area contributed by atoms with E-state index in [2.05, 4.69) is 10.5 Å². The fourth-order valence-corrected chi connectivity index (χ4v) is 1.42. The molecular formula is C11H20N4O2. The molecule has 1 rings (SSSR count). The lowest BCUT2D eigenvalue weighted by Gasteiger charge is -2.03. The molecule has 1 amide bonds. The van der Waals surface area contributed by atoms with Gasteiger partial charge < -0.3 is 4.74 Å². The third-order valence-corrected chi connectivity index (χ3v) is 2.41. The van der Waals surface area contributed by atoms with Crippen molar-refractivity contribution in [3.8, 4) is 5.75 Å². The maximum atomic E-state index is 10.8. The van der Waals surface area contributed by atoms with Crippen LogP contribution in [0.25, 0.3) is 0 Å². The molecule has 1 aromatic heterocycles. The first kappa shape index (κ1) is 13.5. The Labute approximate surface area is 101 Å². The Morgan fingerprint density at radius 3 is 3.00 bits per heavy atom. The molecule has 6 heteroatoms. The average Bonchev–Trinajstić information content (AvgIpc) is 2.81. The number of hydrogen-bond acceptors (Lipinski definition) is 4. The lowest BCUT2D eigenvalue weighted by atomic mass is 10.2. The number of hydrogen-bond donors (Lipinski definition) is 2. The second kappa shape index (κ2) is 7.67. The van der Waals surface area contributed by atoms with Gasteiger partial charge in [-0.3, -0.25) is 14.9 Å². The Morgan fingerprint density at radius 2 is 2.35 bits per heavy atom. The Bertz CT molecular complexity index is 338. The normalized spacial score (nSPS) is 10.2. The predicted octanol–water partition coefficient (Wildman–Crippen LogP) is 0.832. The zero-order valence-corrected chi connectivity index (χ0v) is 10.2. The molecule has 0 atom stereocenters. The summed E-state index contributed by atoms with van der Waals surface area (Å²) in [6.07, 6.45) is 6.78. The van der Waals surface area contributed by atoms with E-state index in [0.29, 0.717) is 13.0 Å². The zero-order chi connectivity index (χ0) is 12.5. The smallest absolute Gasteiger partial charge is 0.233 e. The first-order chi connectivity index (χ1) is 8.26. The van der Waals surface area contributed by atoms with Crippen molar-refractivity contribution in [1.29, 1.82) is 0 Å². The number of nitrogens with one attached hydrogen (secondary N) is 1. The summed E-state index contributed by atoms with van der Waals surface area (Å²) in [5, 5.41) is 4.11. The monoisotopic (exact) mass is 240 g/mol. The van der Waals surface area contributed by atoms with Crippen LogP contribution in [0.4, 0.5) is 0 Å². The summed E-state index contributed by atoms with van der Waals surface area (Å²) >= 11 is 0. The maximum Gasteiger partial charge on any atom is 0.233 e. The molecule has 96 valence electrons. The van der Waals surface area contributed by atoms with E-state index in [1.54, 1.807) is 6.20 Å². The van der Waals surface area contributed by atoms with Crippen molar-refractivity contribution in [2.45, 2.75) is 39.2 Å². The number of hydrazine groups is 1. The molecule has 0 saturated carbocycles. The minimum atomic E-state index is -0.116. The fourth-order valence-electron chi connectivity index (χ4n) is 1.42. The van der Waals surface area contributed by atoms with Gasteiger partial charge in [-0.25, -0.2) is 5.84 Å². The summed E-state index contributed by atoms with van der Waals surface area (Å²) in [6.45, 7) is 3.52. The molecule has 0 aliphatic carbocycles. The van der Waals surface area contributed by atoms with Crippen molar-refractivity contribution >= 4 is 5.91 Å². The van der Waals surface area contributed by atoms with Crippen LogP contribution in [0.5, 0.6) is 5.75 Å². The van der Waals surface area contributed by atoms with E-state index >= 15 is 0 Å². The Balaban J connectivity index is 2.02. The zero-order valence-electron chi connectivity index (χ0n) is 10.2. The van der Waals surface area contributed by atoms with Crippen LogP contribution >= 0.6 is 0 Å². The predicted molar refractivity (Wildman–Crippen MR) is 64.2 cm³/mol. The van der Waals surface area contributed by atoms with Crippen LogP contribution in [0, 0.1) is 0 Å². The van der Waals surface area contributed by atoms with Crippen molar-refractivity contribution in [2.75, 3.05) is 6.61 Å². The Morgan fingerprint density at radius 1 is 1.53 bits per heavy atom. The third-order valence-electron chi connectivity index (χ3n) is 2.41. The molecule has 0 saturated heterocycles. The van der Waals surface area contributed by atoms with Crippen molar-refractivity contribution < 1.29 is 9.53 Å². The van der Waals surface area contributed by atoms with Gasteiger partial charge >= 0.3 is 0 Å². The number of aryl methyl sites for hydroxylation is 1. The second-order valence-electron chi connectivity index (χ2n) is 3.76. The number of nitrogens with zero attached hydrogens (tertiary/aromatic N) is 2.